The van der Waals surface area contributed by atoms with E-state index in [9.17, 15) is 10.1 Å². The molecule has 0 saturated heterocycles. The highest BCUT2D eigenvalue weighted by atomic mass is 35.5. The summed E-state index contributed by atoms with van der Waals surface area (Å²) in [6.45, 7) is 0.405. The summed E-state index contributed by atoms with van der Waals surface area (Å²) in [5.41, 5.74) is 1.22. The Morgan fingerprint density at radius 3 is 2.58 bits per heavy atom. The van der Waals surface area contributed by atoms with E-state index >= 15 is 0 Å². The first-order valence-corrected chi connectivity index (χ1v) is 6.25. The number of anilines is 1. The molecule has 98 valence electrons. The van der Waals surface area contributed by atoms with Crippen LogP contribution in [0.4, 0.5) is 11.4 Å². The molecule has 0 unspecified atom stereocenters. The second-order valence-electron chi connectivity index (χ2n) is 3.86. The topological polar surface area (TPSA) is 55.2 Å². The Kier molecular flexibility index (Phi) is 4.24. The second-order valence-corrected chi connectivity index (χ2v) is 4.71. The molecular weight excluding hydrogens is 287 g/mol. The molecule has 0 aliphatic rings. The molecule has 0 heterocycles. The van der Waals surface area contributed by atoms with Gasteiger partial charge in [-0.05, 0) is 23.8 Å². The van der Waals surface area contributed by atoms with Crippen molar-refractivity contribution in [3.05, 3.63) is 68.2 Å². The minimum atomic E-state index is -0.471. The lowest BCUT2D eigenvalue weighted by Crippen LogP contribution is -2.03. The summed E-state index contributed by atoms with van der Waals surface area (Å²) in [5, 5.41) is 14.9. The van der Waals surface area contributed by atoms with Crippen molar-refractivity contribution in [2.45, 2.75) is 6.54 Å². The summed E-state index contributed by atoms with van der Waals surface area (Å²) in [6.07, 6.45) is 0. The van der Waals surface area contributed by atoms with Gasteiger partial charge in [-0.2, -0.15) is 0 Å². The highest BCUT2D eigenvalue weighted by molar-refractivity contribution is 6.31. The van der Waals surface area contributed by atoms with E-state index in [4.69, 9.17) is 23.2 Å². The van der Waals surface area contributed by atoms with E-state index in [2.05, 4.69) is 5.32 Å². The fourth-order valence-electron chi connectivity index (χ4n) is 1.64. The summed E-state index contributed by atoms with van der Waals surface area (Å²) < 4.78 is 0. The Balaban J connectivity index is 2.20. The summed E-state index contributed by atoms with van der Waals surface area (Å²) in [4.78, 5) is 10.5. The van der Waals surface area contributed by atoms with E-state index in [-0.39, 0.29) is 5.69 Å². The van der Waals surface area contributed by atoms with Gasteiger partial charge in [0.1, 0.15) is 5.69 Å². The van der Waals surface area contributed by atoms with Crippen LogP contribution >= 0.6 is 23.2 Å². The predicted octanol–water partition coefficient (Wildman–Crippen LogP) is 4.51. The fourth-order valence-corrected chi connectivity index (χ4v) is 2.01. The van der Waals surface area contributed by atoms with E-state index in [1.54, 1.807) is 18.2 Å². The Bertz CT molecular complexity index is 617. The molecule has 0 atom stereocenters. The lowest BCUT2D eigenvalue weighted by molar-refractivity contribution is -0.383. The highest BCUT2D eigenvalue weighted by Gasteiger charge is 2.14. The Labute approximate surface area is 120 Å². The normalized spacial score (nSPS) is 10.2. The van der Waals surface area contributed by atoms with Crippen molar-refractivity contribution in [1.29, 1.82) is 0 Å². The van der Waals surface area contributed by atoms with Gasteiger partial charge in [0.15, 0.2) is 0 Å². The lowest BCUT2D eigenvalue weighted by Gasteiger charge is -2.08. The maximum Gasteiger partial charge on any atom is 0.293 e. The van der Waals surface area contributed by atoms with Crippen LogP contribution in [0.2, 0.25) is 10.0 Å². The molecule has 0 spiro atoms. The van der Waals surface area contributed by atoms with Crippen LogP contribution in [0.25, 0.3) is 0 Å². The van der Waals surface area contributed by atoms with Gasteiger partial charge >= 0.3 is 0 Å². The van der Waals surface area contributed by atoms with E-state index in [1.807, 2.05) is 18.2 Å². The van der Waals surface area contributed by atoms with Gasteiger partial charge in [0.2, 0.25) is 0 Å². The zero-order valence-electron chi connectivity index (χ0n) is 9.77. The fraction of sp³-hybridized carbons (Fsp3) is 0.0769. The van der Waals surface area contributed by atoms with Crippen molar-refractivity contribution in [2.75, 3.05) is 5.32 Å². The highest BCUT2D eigenvalue weighted by Crippen LogP contribution is 2.28. The van der Waals surface area contributed by atoms with Gasteiger partial charge in [0.05, 0.1) is 4.92 Å². The first kappa shape index (κ1) is 13.6. The van der Waals surface area contributed by atoms with Crippen molar-refractivity contribution < 1.29 is 4.92 Å². The van der Waals surface area contributed by atoms with Crippen molar-refractivity contribution in [3.63, 3.8) is 0 Å². The molecule has 2 aromatic carbocycles. The summed E-state index contributed by atoms with van der Waals surface area (Å²) in [6, 6.07) is 11.8. The molecule has 0 saturated carbocycles. The first-order chi connectivity index (χ1) is 9.08. The number of nitro benzene ring substituents is 1. The molecule has 0 fully saturated rings. The van der Waals surface area contributed by atoms with Crippen molar-refractivity contribution >= 4 is 34.6 Å². The first-order valence-electron chi connectivity index (χ1n) is 5.49. The minimum Gasteiger partial charge on any atom is -0.375 e. The van der Waals surface area contributed by atoms with Crippen LogP contribution in [-0.4, -0.2) is 4.92 Å². The summed E-state index contributed by atoms with van der Waals surface area (Å²) in [7, 11) is 0. The largest absolute Gasteiger partial charge is 0.375 e. The number of nitrogens with one attached hydrogen (secondary N) is 1. The van der Waals surface area contributed by atoms with Gasteiger partial charge in [-0.1, -0.05) is 41.4 Å². The van der Waals surface area contributed by atoms with Crippen LogP contribution in [0.15, 0.2) is 42.5 Å². The molecular formula is C13H10Cl2N2O2. The molecule has 1 N–H and O–H groups in total. The smallest absolute Gasteiger partial charge is 0.293 e. The Hall–Kier alpha value is -1.78. The number of benzene rings is 2. The van der Waals surface area contributed by atoms with Crippen molar-refractivity contribution in [3.8, 4) is 0 Å². The lowest BCUT2D eigenvalue weighted by atomic mass is 10.2. The van der Waals surface area contributed by atoms with Crippen LogP contribution < -0.4 is 5.32 Å². The average Bonchev–Trinajstić information content (AvgIpc) is 2.38. The molecule has 0 amide bonds. The van der Waals surface area contributed by atoms with E-state index in [0.717, 1.165) is 5.56 Å². The van der Waals surface area contributed by atoms with Gasteiger partial charge in [0.25, 0.3) is 5.69 Å². The molecule has 4 nitrogen and oxygen atoms in total. The van der Waals surface area contributed by atoms with E-state index < -0.39 is 4.92 Å². The molecule has 0 aliphatic heterocycles. The third kappa shape index (κ3) is 3.36. The molecule has 0 radical (unpaired) electrons. The maximum atomic E-state index is 10.9. The van der Waals surface area contributed by atoms with Gasteiger partial charge < -0.3 is 5.32 Å². The van der Waals surface area contributed by atoms with Gasteiger partial charge in [0, 0.05) is 22.7 Å². The van der Waals surface area contributed by atoms with Gasteiger partial charge in [-0.3, -0.25) is 10.1 Å². The van der Waals surface area contributed by atoms with Crippen LogP contribution in [0.1, 0.15) is 5.56 Å². The van der Waals surface area contributed by atoms with E-state index in [0.29, 0.717) is 22.3 Å². The minimum absolute atomic E-state index is 0.0560. The quantitative estimate of drug-likeness (QED) is 0.667. The van der Waals surface area contributed by atoms with Crippen molar-refractivity contribution in [2.24, 2.45) is 0 Å². The molecule has 2 rings (SSSR count). The Morgan fingerprint density at radius 1 is 1.16 bits per heavy atom. The standard InChI is InChI=1S/C13H10Cl2N2O2/c14-10-5-6-12(13(7-10)17(18)19)16-8-9-3-1-2-4-11(9)15/h1-7,16H,8H2. The number of nitro groups is 1. The SMILES string of the molecule is O=[N+]([O-])c1cc(Cl)ccc1NCc1ccccc1Cl. The monoisotopic (exact) mass is 296 g/mol. The molecule has 2 aromatic rings. The van der Waals surface area contributed by atoms with Crippen LogP contribution in [-0.2, 0) is 6.54 Å². The summed E-state index contributed by atoms with van der Waals surface area (Å²) in [5.74, 6) is 0. The number of hydrogen-bond donors (Lipinski definition) is 1. The number of hydrogen-bond acceptors (Lipinski definition) is 3. The molecule has 0 aromatic heterocycles. The van der Waals surface area contributed by atoms with Crippen LogP contribution in [0.5, 0.6) is 0 Å². The van der Waals surface area contributed by atoms with Gasteiger partial charge in [-0.25, -0.2) is 0 Å². The number of nitrogens with zero attached hydrogens (tertiary/aromatic N) is 1. The molecule has 6 heteroatoms. The predicted molar refractivity (Wildman–Crippen MR) is 76.9 cm³/mol. The third-order valence-corrected chi connectivity index (χ3v) is 3.19. The van der Waals surface area contributed by atoms with Gasteiger partial charge in [-0.15, -0.1) is 0 Å². The second kappa shape index (κ2) is 5.91. The number of halogens is 2. The molecule has 0 aliphatic carbocycles. The molecule has 0 bridgehead atoms. The van der Waals surface area contributed by atoms with Crippen LogP contribution in [0.3, 0.4) is 0 Å². The van der Waals surface area contributed by atoms with Crippen LogP contribution in [0, 0.1) is 10.1 Å². The van der Waals surface area contributed by atoms with E-state index in [1.165, 1.54) is 6.07 Å². The third-order valence-electron chi connectivity index (χ3n) is 2.58. The Morgan fingerprint density at radius 2 is 1.89 bits per heavy atom. The van der Waals surface area contributed by atoms with Crippen molar-refractivity contribution in [1.82, 2.24) is 0 Å². The summed E-state index contributed by atoms with van der Waals surface area (Å²) >= 11 is 11.8. The number of rotatable bonds is 4. The zero-order valence-corrected chi connectivity index (χ0v) is 11.3. The average molecular weight is 297 g/mol. The maximum absolute atomic E-state index is 10.9. The zero-order chi connectivity index (χ0) is 13.8. The molecule has 19 heavy (non-hydrogen) atoms.